The van der Waals surface area contributed by atoms with Gasteiger partial charge in [0, 0.05) is 17.1 Å². The molecule has 1 aliphatic heterocycles. The van der Waals surface area contributed by atoms with Crippen LogP contribution in [0.15, 0.2) is 30.3 Å². The minimum absolute atomic E-state index is 0.0978. The lowest BCUT2D eigenvalue weighted by molar-refractivity contribution is -0.171. The fourth-order valence-corrected chi connectivity index (χ4v) is 4.80. The van der Waals surface area contributed by atoms with E-state index in [1.54, 1.807) is 6.26 Å². The molecule has 1 aromatic carbocycles. The first kappa shape index (κ1) is 17.7. The molecule has 1 amide bonds. The van der Waals surface area contributed by atoms with E-state index in [0.717, 1.165) is 5.56 Å². The van der Waals surface area contributed by atoms with Crippen molar-refractivity contribution in [2.75, 3.05) is 12.8 Å². The molecule has 2 unspecified atom stereocenters. The van der Waals surface area contributed by atoms with Gasteiger partial charge in [0.05, 0.1) is 5.41 Å². The van der Waals surface area contributed by atoms with Crippen molar-refractivity contribution in [3.05, 3.63) is 35.9 Å². The van der Waals surface area contributed by atoms with Crippen LogP contribution in [0.1, 0.15) is 32.3 Å². The standard InChI is InChI=1S/C17H23NO4S/c1-4-17(5-2)15(20)18(16(17)23(3)21)11-14(19)22-12-13-9-7-6-8-10-13/h6-10,16H,4-5,11-12H2,1-3H3. The molecule has 0 spiro atoms. The molecule has 1 saturated heterocycles. The summed E-state index contributed by atoms with van der Waals surface area (Å²) in [5, 5.41) is -0.408. The van der Waals surface area contributed by atoms with E-state index in [0.29, 0.717) is 12.8 Å². The van der Waals surface area contributed by atoms with Crippen LogP contribution in [0, 0.1) is 5.41 Å². The number of esters is 1. The van der Waals surface area contributed by atoms with Crippen LogP contribution in [-0.2, 0) is 31.7 Å². The van der Waals surface area contributed by atoms with Crippen molar-refractivity contribution in [3.63, 3.8) is 0 Å². The van der Waals surface area contributed by atoms with Gasteiger partial charge in [-0.25, -0.2) is 0 Å². The van der Waals surface area contributed by atoms with Crippen molar-refractivity contribution in [3.8, 4) is 0 Å². The maximum atomic E-state index is 12.5. The lowest BCUT2D eigenvalue weighted by Gasteiger charge is -2.54. The van der Waals surface area contributed by atoms with Crippen LogP contribution in [0.4, 0.5) is 0 Å². The number of nitrogens with zero attached hydrogens (tertiary/aromatic N) is 1. The highest BCUT2D eigenvalue weighted by Crippen LogP contribution is 2.46. The van der Waals surface area contributed by atoms with Crippen molar-refractivity contribution >= 4 is 22.7 Å². The summed E-state index contributed by atoms with van der Waals surface area (Å²) < 4.78 is 17.3. The molecular formula is C17H23NO4S. The van der Waals surface area contributed by atoms with Gasteiger partial charge in [0.2, 0.25) is 5.91 Å². The van der Waals surface area contributed by atoms with Gasteiger partial charge < -0.3 is 9.64 Å². The van der Waals surface area contributed by atoms with Gasteiger partial charge in [0.1, 0.15) is 18.5 Å². The smallest absolute Gasteiger partial charge is 0.326 e. The van der Waals surface area contributed by atoms with Crippen molar-refractivity contribution in [2.24, 2.45) is 5.41 Å². The summed E-state index contributed by atoms with van der Waals surface area (Å²) in [5.41, 5.74) is 0.294. The number of carbonyl (C=O) groups is 2. The topological polar surface area (TPSA) is 63.7 Å². The summed E-state index contributed by atoms with van der Waals surface area (Å²) in [6.45, 7) is 3.88. The molecule has 126 valence electrons. The summed E-state index contributed by atoms with van der Waals surface area (Å²) in [5.74, 6) is -0.571. The molecule has 2 rings (SSSR count). The molecule has 0 aromatic heterocycles. The maximum Gasteiger partial charge on any atom is 0.326 e. The van der Waals surface area contributed by atoms with Gasteiger partial charge in [0.25, 0.3) is 0 Å². The monoisotopic (exact) mass is 337 g/mol. The number of hydrogen-bond donors (Lipinski definition) is 0. The zero-order valence-corrected chi connectivity index (χ0v) is 14.6. The van der Waals surface area contributed by atoms with Crippen molar-refractivity contribution in [2.45, 2.75) is 38.7 Å². The van der Waals surface area contributed by atoms with E-state index in [1.165, 1.54) is 4.90 Å². The zero-order valence-electron chi connectivity index (χ0n) is 13.8. The molecule has 0 bridgehead atoms. The number of carbonyl (C=O) groups excluding carboxylic acids is 2. The van der Waals surface area contributed by atoms with Gasteiger partial charge in [-0.05, 0) is 18.4 Å². The predicted octanol–water partition coefficient (Wildman–Crippen LogP) is 2.08. The third-order valence-electron chi connectivity index (χ3n) is 4.56. The number of rotatable bonds is 7. The maximum absolute atomic E-state index is 12.5. The van der Waals surface area contributed by atoms with Crippen LogP contribution in [-0.4, -0.2) is 39.2 Å². The van der Waals surface area contributed by atoms with Crippen LogP contribution in [0.25, 0.3) is 0 Å². The number of benzene rings is 1. The van der Waals surface area contributed by atoms with E-state index in [2.05, 4.69) is 0 Å². The summed E-state index contributed by atoms with van der Waals surface area (Å²) in [6, 6.07) is 9.36. The van der Waals surface area contributed by atoms with Gasteiger partial charge in [-0.1, -0.05) is 44.2 Å². The molecular weight excluding hydrogens is 314 g/mol. The quantitative estimate of drug-likeness (QED) is 0.564. The van der Waals surface area contributed by atoms with Crippen LogP contribution in [0.5, 0.6) is 0 Å². The Balaban J connectivity index is 1.98. The minimum atomic E-state index is -1.20. The lowest BCUT2D eigenvalue weighted by atomic mass is 9.73. The van der Waals surface area contributed by atoms with Crippen LogP contribution in [0.3, 0.4) is 0 Å². The molecule has 1 aromatic rings. The number of ether oxygens (including phenoxy) is 1. The largest absolute Gasteiger partial charge is 0.459 e. The Bertz CT molecular complexity index is 598. The van der Waals surface area contributed by atoms with Gasteiger partial charge in [-0.2, -0.15) is 0 Å². The van der Waals surface area contributed by atoms with Crippen LogP contribution >= 0.6 is 0 Å². The Morgan fingerprint density at radius 2 is 1.87 bits per heavy atom. The molecule has 1 aliphatic rings. The average molecular weight is 337 g/mol. The summed E-state index contributed by atoms with van der Waals surface area (Å²) >= 11 is 0. The number of likely N-dealkylation sites (tertiary alicyclic amines) is 1. The average Bonchev–Trinajstić information content (AvgIpc) is 2.56. The first-order valence-corrected chi connectivity index (χ1v) is 9.41. The van der Waals surface area contributed by atoms with Crippen LogP contribution < -0.4 is 0 Å². The van der Waals surface area contributed by atoms with E-state index >= 15 is 0 Å². The van der Waals surface area contributed by atoms with Crippen molar-refractivity contribution in [1.82, 2.24) is 4.90 Å². The molecule has 0 saturated carbocycles. The summed E-state index contributed by atoms with van der Waals surface area (Å²) in [6.07, 6.45) is 2.84. The highest BCUT2D eigenvalue weighted by molar-refractivity contribution is 7.85. The number of hydrogen-bond acceptors (Lipinski definition) is 4. The zero-order chi connectivity index (χ0) is 17.0. The molecule has 2 atom stereocenters. The lowest BCUT2D eigenvalue weighted by Crippen LogP contribution is -2.70. The molecule has 5 nitrogen and oxygen atoms in total. The van der Waals surface area contributed by atoms with E-state index in [9.17, 15) is 13.8 Å². The highest BCUT2D eigenvalue weighted by Gasteiger charge is 2.60. The van der Waals surface area contributed by atoms with Crippen molar-refractivity contribution < 1.29 is 18.5 Å². The number of β-lactam (4-membered cyclic amide) rings is 1. The Kier molecular flexibility index (Phi) is 5.57. The normalized spacial score (nSPS) is 20.7. The third kappa shape index (κ3) is 3.32. The molecule has 0 radical (unpaired) electrons. The first-order valence-electron chi connectivity index (χ1n) is 7.79. The van der Waals surface area contributed by atoms with Crippen molar-refractivity contribution in [1.29, 1.82) is 0 Å². The molecule has 6 heteroatoms. The van der Waals surface area contributed by atoms with E-state index in [1.807, 2.05) is 44.2 Å². The van der Waals surface area contributed by atoms with Crippen LogP contribution in [0.2, 0.25) is 0 Å². The molecule has 0 aliphatic carbocycles. The molecule has 1 heterocycles. The predicted molar refractivity (Wildman–Crippen MR) is 88.8 cm³/mol. The Labute approximate surface area is 139 Å². The minimum Gasteiger partial charge on any atom is -0.459 e. The molecule has 23 heavy (non-hydrogen) atoms. The van der Waals surface area contributed by atoms with E-state index < -0.39 is 27.6 Å². The molecule has 0 N–H and O–H groups in total. The van der Waals surface area contributed by atoms with Gasteiger partial charge in [0.15, 0.2) is 0 Å². The highest BCUT2D eigenvalue weighted by atomic mass is 32.2. The third-order valence-corrected chi connectivity index (χ3v) is 5.90. The van der Waals surface area contributed by atoms with E-state index in [-0.39, 0.29) is 19.1 Å². The Morgan fingerprint density at radius 1 is 1.26 bits per heavy atom. The Morgan fingerprint density at radius 3 is 2.39 bits per heavy atom. The fraction of sp³-hybridized carbons (Fsp3) is 0.529. The second kappa shape index (κ2) is 7.25. The van der Waals surface area contributed by atoms with Gasteiger partial charge >= 0.3 is 5.97 Å². The van der Waals surface area contributed by atoms with Gasteiger partial charge in [-0.3, -0.25) is 13.8 Å². The Hall–Kier alpha value is -1.69. The first-order chi connectivity index (χ1) is 11.0. The molecule has 1 fully saturated rings. The second-order valence-corrected chi connectivity index (χ2v) is 7.24. The summed E-state index contributed by atoms with van der Waals surface area (Å²) in [4.78, 5) is 25.9. The SMILES string of the molecule is CCC1(CC)C(=O)N(CC(=O)OCc2ccccc2)C1S(C)=O. The van der Waals surface area contributed by atoms with E-state index in [4.69, 9.17) is 4.74 Å². The second-order valence-electron chi connectivity index (χ2n) is 5.79. The van der Waals surface area contributed by atoms with Gasteiger partial charge in [-0.15, -0.1) is 0 Å². The fourth-order valence-electron chi connectivity index (χ4n) is 3.21. The summed E-state index contributed by atoms with van der Waals surface area (Å²) in [7, 11) is -1.20. The number of amides is 1.